The molecule has 0 radical (unpaired) electrons. The summed E-state index contributed by atoms with van der Waals surface area (Å²) in [7, 11) is 0. The van der Waals surface area contributed by atoms with Crippen LogP contribution in [0.3, 0.4) is 0 Å². The van der Waals surface area contributed by atoms with Crippen LogP contribution in [0.1, 0.15) is 18.5 Å². The minimum absolute atomic E-state index is 0.445. The molecule has 5 heteroatoms. The Morgan fingerprint density at radius 3 is 3.25 bits per heavy atom. The average molecular weight is 239 g/mol. The van der Waals surface area contributed by atoms with Gasteiger partial charge in [-0.1, -0.05) is 6.07 Å². The van der Waals surface area contributed by atoms with Crippen LogP contribution in [-0.4, -0.2) is 23.4 Å². The highest BCUT2D eigenvalue weighted by atomic mass is 32.2. The lowest BCUT2D eigenvalue weighted by molar-refractivity contribution is 0.129. The van der Waals surface area contributed by atoms with Crippen LogP contribution in [-0.2, 0) is 10.5 Å². The maximum Gasteiger partial charge on any atom is 0.140 e. The van der Waals surface area contributed by atoms with Crippen molar-refractivity contribution in [2.45, 2.75) is 24.7 Å². The number of nitrogen functional groups attached to an aromatic ring is 1. The van der Waals surface area contributed by atoms with Gasteiger partial charge < -0.3 is 10.2 Å². The topological polar surface area (TPSA) is 60.2 Å². The lowest BCUT2D eigenvalue weighted by atomic mass is 10.3. The van der Waals surface area contributed by atoms with Gasteiger partial charge >= 0.3 is 0 Å². The summed E-state index contributed by atoms with van der Waals surface area (Å²) in [6.07, 6.45) is 2.85. The number of aromatic nitrogens is 1. The average Bonchev–Trinajstić information content (AvgIpc) is 2.82. The molecule has 88 valence electrons. The second-order valence-corrected chi connectivity index (χ2v) is 4.84. The summed E-state index contributed by atoms with van der Waals surface area (Å²) in [5, 5.41) is 0. The summed E-state index contributed by atoms with van der Waals surface area (Å²) >= 11 is 1.87. The number of pyridine rings is 1. The molecule has 0 aromatic carbocycles. The first-order valence-electron chi connectivity index (χ1n) is 5.50. The molecule has 2 heterocycles. The van der Waals surface area contributed by atoms with E-state index in [1.165, 1.54) is 12.8 Å². The van der Waals surface area contributed by atoms with Gasteiger partial charge in [0.1, 0.15) is 5.82 Å². The molecule has 4 nitrogen and oxygen atoms in total. The van der Waals surface area contributed by atoms with Crippen LogP contribution < -0.4 is 11.3 Å². The fourth-order valence-corrected chi connectivity index (χ4v) is 2.72. The van der Waals surface area contributed by atoms with Gasteiger partial charge in [0.25, 0.3) is 0 Å². The van der Waals surface area contributed by atoms with Gasteiger partial charge in [-0.2, -0.15) is 11.8 Å². The van der Waals surface area contributed by atoms with E-state index in [4.69, 9.17) is 10.6 Å². The SMILES string of the molecule is NNc1cccc(CSCC2CCCO2)n1. The van der Waals surface area contributed by atoms with E-state index >= 15 is 0 Å². The molecule has 1 unspecified atom stereocenters. The predicted octanol–water partition coefficient (Wildman–Crippen LogP) is 1.78. The summed E-state index contributed by atoms with van der Waals surface area (Å²) in [6.45, 7) is 0.927. The van der Waals surface area contributed by atoms with E-state index in [0.29, 0.717) is 6.10 Å². The lowest BCUT2D eigenvalue weighted by Crippen LogP contribution is -2.10. The van der Waals surface area contributed by atoms with E-state index in [2.05, 4.69) is 10.4 Å². The number of thioether (sulfide) groups is 1. The first-order valence-corrected chi connectivity index (χ1v) is 6.66. The van der Waals surface area contributed by atoms with Crippen LogP contribution >= 0.6 is 11.8 Å². The first kappa shape index (κ1) is 11.7. The zero-order chi connectivity index (χ0) is 11.2. The van der Waals surface area contributed by atoms with E-state index in [1.807, 2.05) is 30.0 Å². The molecule has 1 aromatic rings. The van der Waals surface area contributed by atoms with E-state index in [0.717, 1.165) is 29.6 Å². The van der Waals surface area contributed by atoms with Gasteiger partial charge in [-0.15, -0.1) is 0 Å². The van der Waals surface area contributed by atoms with Crippen LogP contribution in [0.5, 0.6) is 0 Å². The van der Waals surface area contributed by atoms with E-state index in [1.54, 1.807) is 0 Å². The Bertz CT molecular complexity index is 329. The first-order chi connectivity index (χ1) is 7.88. The van der Waals surface area contributed by atoms with Gasteiger partial charge in [0.15, 0.2) is 0 Å². The Morgan fingerprint density at radius 2 is 2.50 bits per heavy atom. The minimum Gasteiger partial charge on any atom is -0.377 e. The third-order valence-electron chi connectivity index (χ3n) is 2.53. The molecule has 1 aromatic heterocycles. The number of hydrogen-bond donors (Lipinski definition) is 2. The van der Waals surface area contributed by atoms with Crippen molar-refractivity contribution >= 4 is 17.6 Å². The van der Waals surface area contributed by atoms with Gasteiger partial charge in [-0.25, -0.2) is 10.8 Å². The number of nitrogens with two attached hydrogens (primary N) is 1. The van der Waals surface area contributed by atoms with E-state index in [-0.39, 0.29) is 0 Å². The van der Waals surface area contributed by atoms with Crippen molar-refractivity contribution in [3.05, 3.63) is 23.9 Å². The molecule has 16 heavy (non-hydrogen) atoms. The number of nitrogens with one attached hydrogen (secondary N) is 1. The third kappa shape index (κ3) is 3.37. The molecule has 3 N–H and O–H groups in total. The fourth-order valence-electron chi connectivity index (χ4n) is 1.71. The maximum absolute atomic E-state index is 5.56. The molecule has 0 spiro atoms. The van der Waals surface area contributed by atoms with Gasteiger partial charge in [0, 0.05) is 18.1 Å². The van der Waals surface area contributed by atoms with Gasteiger partial charge in [0.05, 0.1) is 11.8 Å². The van der Waals surface area contributed by atoms with Gasteiger partial charge in [0.2, 0.25) is 0 Å². The Balaban J connectivity index is 1.75. The summed E-state index contributed by atoms with van der Waals surface area (Å²) in [6, 6.07) is 5.84. The molecule has 0 saturated carbocycles. The highest BCUT2D eigenvalue weighted by molar-refractivity contribution is 7.98. The fraction of sp³-hybridized carbons (Fsp3) is 0.545. The smallest absolute Gasteiger partial charge is 0.140 e. The van der Waals surface area contributed by atoms with Gasteiger partial charge in [-0.05, 0) is 25.0 Å². The molecule has 1 saturated heterocycles. The van der Waals surface area contributed by atoms with Crippen molar-refractivity contribution < 1.29 is 4.74 Å². The minimum atomic E-state index is 0.445. The molecule has 1 atom stereocenters. The van der Waals surface area contributed by atoms with Crippen LogP contribution in [0.4, 0.5) is 5.82 Å². The Kier molecular flexibility index (Phi) is 4.44. The molecule has 0 bridgehead atoms. The number of hydrogen-bond acceptors (Lipinski definition) is 5. The Hall–Kier alpha value is -0.780. The maximum atomic E-state index is 5.56. The number of rotatable bonds is 5. The van der Waals surface area contributed by atoms with Crippen molar-refractivity contribution in [1.82, 2.24) is 4.98 Å². The standard InChI is InChI=1S/C11H17N3OS/c12-14-11-5-1-3-9(13-11)7-16-8-10-4-2-6-15-10/h1,3,5,10H,2,4,6-8,12H2,(H,13,14). The van der Waals surface area contributed by atoms with Crippen molar-refractivity contribution in [3.8, 4) is 0 Å². The normalized spacial score (nSPS) is 19.9. The summed E-state index contributed by atoms with van der Waals surface area (Å²) in [5.74, 6) is 7.99. The molecule has 1 aliphatic rings. The molecular weight excluding hydrogens is 222 g/mol. The van der Waals surface area contributed by atoms with Gasteiger partial charge in [-0.3, -0.25) is 0 Å². The Morgan fingerprint density at radius 1 is 1.56 bits per heavy atom. The molecule has 0 amide bonds. The number of hydrazine groups is 1. The molecular formula is C11H17N3OS. The van der Waals surface area contributed by atoms with Crippen molar-refractivity contribution in [1.29, 1.82) is 0 Å². The van der Waals surface area contributed by atoms with E-state index in [9.17, 15) is 0 Å². The summed E-state index contributed by atoms with van der Waals surface area (Å²) in [5.41, 5.74) is 3.61. The van der Waals surface area contributed by atoms with Crippen LogP contribution in [0.2, 0.25) is 0 Å². The predicted molar refractivity (Wildman–Crippen MR) is 67.2 cm³/mol. The van der Waals surface area contributed by atoms with Crippen molar-refractivity contribution in [2.75, 3.05) is 17.8 Å². The highest BCUT2D eigenvalue weighted by Crippen LogP contribution is 2.19. The number of nitrogens with zero attached hydrogens (tertiary/aromatic N) is 1. The molecule has 1 aliphatic heterocycles. The third-order valence-corrected chi connectivity index (χ3v) is 3.64. The highest BCUT2D eigenvalue weighted by Gasteiger charge is 2.14. The summed E-state index contributed by atoms with van der Waals surface area (Å²) in [4.78, 5) is 4.36. The van der Waals surface area contributed by atoms with Crippen LogP contribution in [0, 0.1) is 0 Å². The van der Waals surface area contributed by atoms with E-state index < -0.39 is 0 Å². The van der Waals surface area contributed by atoms with Crippen LogP contribution in [0.25, 0.3) is 0 Å². The zero-order valence-corrected chi connectivity index (χ0v) is 10.0. The molecule has 2 rings (SSSR count). The zero-order valence-electron chi connectivity index (χ0n) is 9.19. The monoisotopic (exact) mass is 239 g/mol. The quantitative estimate of drug-likeness (QED) is 0.606. The second-order valence-electron chi connectivity index (χ2n) is 3.81. The lowest BCUT2D eigenvalue weighted by Gasteiger charge is -2.08. The summed E-state index contributed by atoms with van der Waals surface area (Å²) < 4.78 is 5.56. The number of ether oxygens (including phenoxy) is 1. The second kappa shape index (κ2) is 6.08. The molecule has 0 aliphatic carbocycles. The largest absolute Gasteiger partial charge is 0.377 e. The van der Waals surface area contributed by atoms with Crippen molar-refractivity contribution in [3.63, 3.8) is 0 Å². The number of anilines is 1. The van der Waals surface area contributed by atoms with Crippen molar-refractivity contribution in [2.24, 2.45) is 5.84 Å². The van der Waals surface area contributed by atoms with Crippen LogP contribution in [0.15, 0.2) is 18.2 Å². The molecule has 1 fully saturated rings. The Labute approximate surface area is 99.9 Å².